The third-order valence-electron chi connectivity index (χ3n) is 9.37. The van der Waals surface area contributed by atoms with Crippen molar-refractivity contribution in [3.63, 3.8) is 0 Å². The fourth-order valence-corrected chi connectivity index (χ4v) is 6.47. The van der Waals surface area contributed by atoms with Gasteiger partial charge in [0.05, 0.1) is 5.41 Å². The van der Waals surface area contributed by atoms with Crippen LogP contribution in [0.3, 0.4) is 0 Å². The maximum absolute atomic E-state index is 12.7. The van der Waals surface area contributed by atoms with Crippen LogP contribution in [-0.2, 0) is 9.59 Å². The van der Waals surface area contributed by atoms with Crippen molar-refractivity contribution in [3.05, 3.63) is 0 Å². The molecule has 0 radical (unpaired) electrons. The predicted octanol–water partition coefficient (Wildman–Crippen LogP) is 12.8. The first-order valence-corrected chi connectivity index (χ1v) is 18.6. The molecule has 0 atom stereocenters. The maximum Gasteiger partial charge on any atom is 0.309 e. The van der Waals surface area contributed by atoms with Crippen LogP contribution in [0.2, 0.25) is 0 Å². The summed E-state index contributed by atoms with van der Waals surface area (Å²) in [5.41, 5.74) is -0.562. The van der Waals surface area contributed by atoms with Gasteiger partial charge in [0, 0.05) is 6.42 Å². The van der Waals surface area contributed by atoms with Crippen molar-refractivity contribution in [1.29, 1.82) is 0 Å². The molecule has 0 rings (SSSR count). The summed E-state index contributed by atoms with van der Waals surface area (Å²) in [7, 11) is 0. The molecule has 0 spiro atoms. The average molecular weight is 595 g/mol. The first-order chi connectivity index (χ1) is 20.2. The second kappa shape index (κ2) is 28.7. The van der Waals surface area contributed by atoms with E-state index in [1.807, 2.05) is 0 Å². The van der Waals surface area contributed by atoms with Gasteiger partial charge in [-0.05, 0) is 37.5 Å². The molecule has 0 aromatic carbocycles. The number of carboxylic acids is 2. The minimum atomic E-state index is -0.719. The number of rotatable bonds is 33. The minimum absolute atomic E-state index is 0.245. The van der Waals surface area contributed by atoms with Gasteiger partial charge in [0.1, 0.15) is 0 Å². The van der Waals surface area contributed by atoms with Crippen LogP contribution in [0.15, 0.2) is 0 Å². The highest BCUT2D eigenvalue weighted by atomic mass is 16.4. The lowest BCUT2D eigenvalue weighted by molar-refractivity contribution is -0.151. The fraction of sp³-hybridized carbons (Fsp3) is 0.947. The van der Waals surface area contributed by atoms with Crippen LogP contribution in [0.25, 0.3) is 0 Å². The minimum Gasteiger partial charge on any atom is -0.481 e. The van der Waals surface area contributed by atoms with Gasteiger partial charge in [-0.25, -0.2) is 0 Å². The van der Waals surface area contributed by atoms with Gasteiger partial charge in [0.15, 0.2) is 0 Å². The Morgan fingerprint density at radius 2 is 0.690 bits per heavy atom. The van der Waals surface area contributed by atoms with Crippen LogP contribution in [0.1, 0.15) is 214 Å². The van der Waals surface area contributed by atoms with E-state index < -0.39 is 17.4 Å². The molecule has 4 nitrogen and oxygen atoms in total. The molecule has 0 saturated carbocycles. The molecule has 0 heterocycles. The first kappa shape index (κ1) is 40.9. The molecule has 0 aromatic rings. The summed E-state index contributed by atoms with van der Waals surface area (Å²) < 4.78 is 0. The summed E-state index contributed by atoms with van der Waals surface area (Å²) in [6.07, 6.45) is 33.1. The van der Waals surface area contributed by atoms with Crippen molar-refractivity contribution in [2.24, 2.45) is 17.3 Å². The molecule has 250 valence electrons. The average Bonchev–Trinajstić information content (AvgIpc) is 2.92. The van der Waals surface area contributed by atoms with Crippen LogP contribution in [-0.4, -0.2) is 22.2 Å². The van der Waals surface area contributed by atoms with Gasteiger partial charge >= 0.3 is 11.9 Å². The Labute approximate surface area is 262 Å². The van der Waals surface area contributed by atoms with E-state index in [-0.39, 0.29) is 6.42 Å². The highest BCUT2D eigenvalue weighted by Gasteiger charge is 2.36. The lowest BCUT2D eigenvalue weighted by Gasteiger charge is -2.30. The maximum atomic E-state index is 12.7. The highest BCUT2D eigenvalue weighted by Crippen LogP contribution is 2.38. The molecule has 0 aromatic heterocycles. The van der Waals surface area contributed by atoms with E-state index in [1.165, 1.54) is 103 Å². The van der Waals surface area contributed by atoms with E-state index in [4.69, 9.17) is 5.11 Å². The van der Waals surface area contributed by atoms with Gasteiger partial charge in [-0.1, -0.05) is 182 Å². The zero-order valence-corrected chi connectivity index (χ0v) is 28.9. The Hall–Kier alpha value is -1.06. The van der Waals surface area contributed by atoms with Gasteiger partial charge in [-0.2, -0.15) is 0 Å². The quantitative estimate of drug-likeness (QED) is 0.0741. The zero-order valence-electron chi connectivity index (χ0n) is 28.9. The SMILES string of the molecule is CC(C)CCCCCCCCCCCC(CCCCCCCCCCCC(C)C)(CCCCCCCC(=O)O)C(=O)O. The summed E-state index contributed by atoms with van der Waals surface area (Å²) in [6, 6.07) is 0. The smallest absolute Gasteiger partial charge is 0.309 e. The first-order valence-electron chi connectivity index (χ1n) is 18.6. The van der Waals surface area contributed by atoms with Crippen molar-refractivity contribution in [3.8, 4) is 0 Å². The third-order valence-corrected chi connectivity index (χ3v) is 9.37. The summed E-state index contributed by atoms with van der Waals surface area (Å²) in [4.78, 5) is 23.4. The molecule has 42 heavy (non-hydrogen) atoms. The van der Waals surface area contributed by atoms with Crippen molar-refractivity contribution in [2.75, 3.05) is 0 Å². The van der Waals surface area contributed by atoms with Crippen molar-refractivity contribution < 1.29 is 19.8 Å². The normalized spacial score (nSPS) is 12.0. The summed E-state index contributed by atoms with van der Waals surface area (Å²) in [5, 5.41) is 19.3. The lowest BCUT2D eigenvalue weighted by atomic mass is 9.74. The summed E-state index contributed by atoms with van der Waals surface area (Å²) in [6.45, 7) is 9.23. The van der Waals surface area contributed by atoms with Crippen LogP contribution in [0.5, 0.6) is 0 Å². The molecule has 2 N–H and O–H groups in total. The number of carbonyl (C=O) groups is 2. The van der Waals surface area contributed by atoms with Crippen LogP contribution in [0, 0.1) is 17.3 Å². The van der Waals surface area contributed by atoms with Gasteiger partial charge in [-0.15, -0.1) is 0 Å². The molecular formula is C38H74O4. The Balaban J connectivity index is 4.39. The molecule has 0 aliphatic carbocycles. The van der Waals surface area contributed by atoms with E-state index in [0.29, 0.717) is 0 Å². The van der Waals surface area contributed by atoms with Gasteiger partial charge in [0.2, 0.25) is 0 Å². The van der Waals surface area contributed by atoms with Crippen molar-refractivity contribution >= 4 is 11.9 Å². The largest absolute Gasteiger partial charge is 0.481 e. The van der Waals surface area contributed by atoms with Crippen LogP contribution >= 0.6 is 0 Å². The molecule has 0 unspecified atom stereocenters. The predicted molar refractivity (Wildman–Crippen MR) is 181 cm³/mol. The Morgan fingerprint density at radius 3 is 0.952 bits per heavy atom. The van der Waals surface area contributed by atoms with Crippen molar-refractivity contribution in [1.82, 2.24) is 0 Å². The van der Waals surface area contributed by atoms with Gasteiger partial charge < -0.3 is 10.2 Å². The van der Waals surface area contributed by atoms with E-state index in [9.17, 15) is 14.7 Å². The number of hydrogen-bond acceptors (Lipinski definition) is 2. The standard InChI is InChI=1S/C38H74O4/c1-34(2)28-22-16-11-7-5-9-13-19-25-31-38(37(41)42,33-27-21-15-18-24-30-36(39)40)32-26-20-14-10-6-8-12-17-23-29-35(3)4/h34-35H,5-33H2,1-4H3,(H,39,40)(H,41,42). The van der Waals surface area contributed by atoms with E-state index in [0.717, 1.165) is 88.9 Å². The second-order valence-corrected chi connectivity index (χ2v) is 14.5. The van der Waals surface area contributed by atoms with Crippen molar-refractivity contribution in [2.45, 2.75) is 214 Å². The highest BCUT2D eigenvalue weighted by molar-refractivity contribution is 5.74. The Bertz CT molecular complexity index is 582. The molecule has 4 heteroatoms. The number of aliphatic carboxylic acids is 2. The number of unbranched alkanes of at least 4 members (excludes halogenated alkanes) is 20. The number of carboxylic acid groups (broad SMARTS) is 2. The second-order valence-electron chi connectivity index (χ2n) is 14.5. The third kappa shape index (κ3) is 26.6. The zero-order chi connectivity index (χ0) is 31.3. The molecule has 0 amide bonds. The van der Waals surface area contributed by atoms with Crippen LogP contribution in [0.4, 0.5) is 0 Å². The van der Waals surface area contributed by atoms with Gasteiger partial charge in [0.25, 0.3) is 0 Å². The molecule has 0 saturated heterocycles. The lowest BCUT2D eigenvalue weighted by Crippen LogP contribution is -2.31. The molecule has 0 aliphatic rings. The Kier molecular flexibility index (Phi) is 28.0. The summed E-state index contributed by atoms with van der Waals surface area (Å²) in [5.74, 6) is 0.357. The van der Waals surface area contributed by atoms with Crippen LogP contribution < -0.4 is 0 Å². The molecule has 0 aliphatic heterocycles. The Morgan fingerprint density at radius 1 is 0.429 bits per heavy atom. The van der Waals surface area contributed by atoms with Gasteiger partial charge in [-0.3, -0.25) is 9.59 Å². The molecule has 0 bridgehead atoms. The number of hydrogen-bond donors (Lipinski definition) is 2. The van der Waals surface area contributed by atoms with E-state index >= 15 is 0 Å². The molecular weight excluding hydrogens is 520 g/mol. The summed E-state index contributed by atoms with van der Waals surface area (Å²) >= 11 is 0. The van der Waals surface area contributed by atoms with E-state index in [2.05, 4.69) is 27.7 Å². The monoisotopic (exact) mass is 595 g/mol. The van der Waals surface area contributed by atoms with E-state index in [1.54, 1.807) is 0 Å². The fourth-order valence-electron chi connectivity index (χ4n) is 6.47. The molecule has 0 fully saturated rings. The topological polar surface area (TPSA) is 74.6 Å².